The Morgan fingerprint density at radius 2 is 2.00 bits per heavy atom. The van der Waals surface area contributed by atoms with Crippen molar-refractivity contribution >= 4 is 17.8 Å². The van der Waals surface area contributed by atoms with Gasteiger partial charge >= 0.3 is 0 Å². The maximum Gasteiger partial charge on any atom is 0.244 e. The molecule has 1 N–H and O–H groups in total. The number of carbonyl (C=O) groups is 2. The highest BCUT2D eigenvalue weighted by Crippen LogP contribution is 2.03. The molecule has 4 nitrogen and oxygen atoms in total. The summed E-state index contributed by atoms with van der Waals surface area (Å²) in [6, 6.07) is 10.5. The van der Waals surface area contributed by atoms with E-state index in [0.717, 1.165) is 5.56 Å². The van der Waals surface area contributed by atoms with E-state index in [1.165, 1.54) is 13.0 Å². The van der Waals surface area contributed by atoms with Crippen LogP contribution in [0.1, 0.15) is 28.6 Å². The molecule has 0 saturated carbocycles. The molecule has 0 unspecified atom stereocenters. The van der Waals surface area contributed by atoms with Crippen molar-refractivity contribution in [3.63, 3.8) is 0 Å². The molecule has 2 rings (SSSR count). The molecular weight excluding hydrogens is 278 g/mol. The first kappa shape index (κ1) is 15.3. The van der Waals surface area contributed by atoms with Crippen LogP contribution >= 0.6 is 0 Å². The van der Waals surface area contributed by atoms with Gasteiger partial charge in [-0.3, -0.25) is 9.59 Å². The Balaban J connectivity index is 1.81. The lowest BCUT2D eigenvalue weighted by atomic mass is 10.1. The van der Waals surface area contributed by atoms with Crippen molar-refractivity contribution in [2.24, 2.45) is 0 Å². The van der Waals surface area contributed by atoms with Crippen LogP contribution in [0.4, 0.5) is 0 Å². The van der Waals surface area contributed by atoms with E-state index < -0.39 is 0 Å². The van der Waals surface area contributed by atoms with Crippen LogP contribution in [-0.2, 0) is 4.79 Å². The highest BCUT2D eigenvalue weighted by molar-refractivity contribution is 5.94. The molecular formula is C18H15NO3. The van der Waals surface area contributed by atoms with E-state index in [0.29, 0.717) is 11.3 Å². The highest BCUT2D eigenvalue weighted by atomic mass is 16.3. The molecule has 1 amide bonds. The van der Waals surface area contributed by atoms with Crippen LogP contribution in [0.15, 0.2) is 53.2 Å². The molecule has 0 spiro atoms. The number of hydrogen-bond acceptors (Lipinski definition) is 3. The van der Waals surface area contributed by atoms with Crippen LogP contribution in [0.2, 0.25) is 0 Å². The second kappa shape index (κ2) is 7.65. The smallest absolute Gasteiger partial charge is 0.244 e. The summed E-state index contributed by atoms with van der Waals surface area (Å²) in [6.07, 6.45) is 4.52. The van der Waals surface area contributed by atoms with Gasteiger partial charge in [0.1, 0.15) is 5.76 Å². The first-order valence-corrected chi connectivity index (χ1v) is 6.74. The summed E-state index contributed by atoms with van der Waals surface area (Å²) < 4.78 is 5.08. The zero-order chi connectivity index (χ0) is 15.8. The maximum absolute atomic E-state index is 11.5. The van der Waals surface area contributed by atoms with Gasteiger partial charge in [0.15, 0.2) is 5.78 Å². The lowest BCUT2D eigenvalue weighted by molar-refractivity contribution is -0.116. The fraction of sp³-hybridized carbons (Fsp3) is 0.111. The van der Waals surface area contributed by atoms with Gasteiger partial charge in [-0.25, -0.2) is 0 Å². The Hall–Kier alpha value is -3.06. The van der Waals surface area contributed by atoms with Crippen molar-refractivity contribution in [3.8, 4) is 11.8 Å². The van der Waals surface area contributed by atoms with E-state index in [2.05, 4.69) is 17.2 Å². The number of Topliss-reactive ketones (excluding diaryl/α,β-unsaturated/α-hetero) is 1. The molecule has 1 heterocycles. The summed E-state index contributed by atoms with van der Waals surface area (Å²) in [5.41, 5.74) is 1.45. The summed E-state index contributed by atoms with van der Waals surface area (Å²) in [5.74, 6) is 6.17. The molecule has 0 aliphatic heterocycles. The third-order valence-electron chi connectivity index (χ3n) is 2.82. The SMILES string of the molecule is CC(=O)c1ccc(C#CCNC(=O)/C=C/c2ccco2)cc1. The normalized spacial score (nSPS) is 10.0. The van der Waals surface area contributed by atoms with Crippen LogP contribution in [0, 0.1) is 11.8 Å². The molecule has 0 radical (unpaired) electrons. The molecule has 22 heavy (non-hydrogen) atoms. The number of rotatable bonds is 4. The van der Waals surface area contributed by atoms with Crippen LogP contribution in [0.3, 0.4) is 0 Å². The van der Waals surface area contributed by atoms with Gasteiger partial charge in [-0.15, -0.1) is 0 Å². The van der Waals surface area contributed by atoms with E-state index in [4.69, 9.17) is 4.42 Å². The Morgan fingerprint density at radius 3 is 2.64 bits per heavy atom. The van der Waals surface area contributed by atoms with Crippen LogP contribution in [-0.4, -0.2) is 18.2 Å². The van der Waals surface area contributed by atoms with E-state index >= 15 is 0 Å². The maximum atomic E-state index is 11.5. The van der Waals surface area contributed by atoms with Gasteiger partial charge in [0.2, 0.25) is 5.91 Å². The molecule has 1 aromatic heterocycles. The predicted molar refractivity (Wildman–Crippen MR) is 84.1 cm³/mol. The molecule has 0 fully saturated rings. The van der Waals surface area contributed by atoms with Crippen molar-refractivity contribution in [3.05, 3.63) is 65.6 Å². The number of benzene rings is 1. The minimum absolute atomic E-state index is 0.0233. The van der Waals surface area contributed by atoms with Gasteiger partial charge in [-0.1, -0.05) is 24.0 Å². The van der Waals surface area contributed by atoms with Crippen molar-refractivity contribution in [1.29, 1.82) is 0 Å². The standard InChI is InChI=1S/C18H15NO3/c1-14(20)16-8-6-15(7-9-16)4-2-12-19-18(21)11-10-17-5-3-13-22-17/h3,5-11,13H,12H2,1H3,(H,19,21)/b11-10+. The first-order chi connectivity index (χ1) is 10.6. The van der Waals surface area contributed by atoms with Gasteiger partial charge in [0.05, 0.1) is 12.8 Å². The molecule has 0 saturated heterocycles. The summed E-state index contributed by atoms with van der Waals surface area (Å²) >= 11 is 0. The van der Waals surface area contributed by atoms with Gasteiger partial charge in [0.25, 0.3) is 0 Å². The fourth-order valence-electron chi connectivity index (χ4n) is 1.67. The van der Waals surface area contributed by atoms with Crippen LogP contribution < -0.4 is 5.32 Å². The minimum Gasteiger partial charge on any atom is -0.465 e. The summed E-state index contributed by atoms with van der Waals surface area (Å²) in [6.45, 7) is 1.77. The lowest BCUT2D eigenvalue weighted by Crippen LogP contribution is -2.20. The number of nitrogens with one attached hydrogen (secondary N) is 1. The predicted octanol–water partition coefficient (Wildman–Crippen LogP) is 2.66. The van der Waals surface area contributed by atoms with Crippen LogP contribution in [0.25, 0.3) is 6.08 Å². The molecule has 4 heteroatoms. The fourth-order valence-corrected chi connectivity index (χ4v) is 1.67. The Morgan fingerprint density at radius 1 is 1.23 bits per heavy atom. The number of amides is 1. The van der Waals surface area contributed by atoms with Crippen molar-refractivity contribution in [2.75, 3.05) is 6.54 Å². The monoisotopic (exact) mass is 293 g/mol. The Labute approximate surface area is 128 Å². The van der Waals surface area contributed by atoms with E-state index in [1.54, 1.807) is 48.7 Å². The van der Waals surface area contributed by atoms with Gasteiger partial charge in [0, 0.05) is 17.2 Å². The topological polar surface area (TPSA) is 59.3 Å². The number of hydrogen-bond donors (Lipinski definition) is 1. The number of furan rings is 1. The second-order valence-corrected chi connectivity index (χ2v) is 4.50. The lowest BCUT2D eigenvalue weighted by Gasteiger charge is -1.95. The average molecular weight is 293 g/mol. The highest BCUT2D eigenvalue weighted by Gasteiger charge is 1.97. The first-order valence-electron chi connectivity index (χ1n) is 6.74. The third kappa shape index (κ3) is 4.80. The van der Waals surface area contributed by atoms with E-state index in [-0.39, 0.29) is 18.2 Å². The molecule has 1 aromatic carbocycles. The van der Waals surface area contributed by atoms with Crippen LogP contribution in [0.5, 0.6) is 0 Å². The largest absolute Gasteiger partial charge is 0.465 e. The van der Waals surface area contributed by atoms with Gasteiger partial charge < -0.3 is 9.73 Å². The average Bonchev–Trinajstić information content (AvgIpc) is 3.03. The summed E-state index contributed by atoms with van der Waals surface area (Å²) in [5, 5.41) is 2.65. The number of ketones is 1. The molecule has 0 aliphatic rings. The van der Waals surface area contributed by atoms with Gasteiger partial charge in [-0.2, -0.15) is 0 Å². The molecule has 0 atom stereocenters. The zero-order valence-electron chi connectivity index (χ0n) is 12.1. The Kier molecular flexibility index (Phi) is 5.33. The summed E-state index contributed by atoms with van der Waals surface area (Å²) in [7, 11) is 0. The van der Waals surface area contributed by atoms with E-state index in [1.807, 2.05) is 0 Å². The molecule has 110 valence electrons. The van der Waals surface area contributed by atoms with Gasteiger partial charge in [-0.05, 0) is 37.3 Å². The molecule has 0 aliphatic carbocycles. The molecule has 2 aromatic rings. The third-order valence-corrected chi connectivity index (χ3v) is 2.82. The Bertz CT molecular complexity index is 729. The van der Waals surface area contributed by atoms with Crippen molar-refractivity contribution in [2.45, 2.75) is 6.92 Å². The van der Waals surface area contributed by atoms with E-state index in [9.17, 15) is 9.59 Å². The zero-order valence-corrected chi connectivity index (χ0v) is 12.1. The molecule has 0 bridgehead atoms. The van der Waals surface area contributed by atoms with Crippen molar-refractivity contribution in [1.82, 2.24) is 5.32 Å². The minimum atomic E-state index is -0.238. The quantitative estimate of drug-likeness (QED) is 0.535. The summed E-state index contributed by atoms with van der Waals surface area (Å²) in [4.78, 5) is 22.7. The van der Waals surface area contributed by atoms with Crippen molar-refractivity contribution < 1.29 is 14.0 Å². The number of carbonyl (C=O) groups excluding carboxylic acids is 2. The second-order valence-electron chi connectivity index (χ2n) is 4.50.